The smallest absolute Gasteiger partial charge is 0.337 e. The first-order chi connectivity index (χ1) is 23.0. The fourth-order valence-electron chi connectivity index (χ4n) is 4.68. The number of amides is 2. The molecule has 0 aliphatic carbocycles. The molecule has 0 bridgehead atoms. The highest BCUT2D eigenvalue weighted by atomic mass is 79.9. The van der Waals surface area contributed by atoms with Crippen molar-refractivity contribution < 1.29 is 43.3 Å². The number of benzene rings is 3. The maximum atomic E-state index is 12.5. The monoisotopic (exact) mass is 727 g/mol. The number of halogens is 1. The number of nitrogens with zero attached hydrogens (tertiary/aromatic N) is 2. The fourth-order valence-corrected chi connectivity index (χ4v) is 5.13. The minimum absolute atomic E-state index is 0.0264. The van der Waals surface area contributed by atoms with Gasteiger partial charge in [-0.3, -0.25) is 15.5 Å². The number of urea groups is 1. The summed E-state index contributed by atoms with van der Waals surface area (Å²) in [7, 11) is 2.75. The first-order valence-electron chi connectivity index (χ1n) is 14.5. The Kier molecular flexibility index (Phi) is 12.2. The van der Waals surface area contributed by atoms with Gasteiger partial charge in [-0.25, -0.2) is 9.59 Å². The number of allylic oxidation sites excluding steroid dienone is 1. The van der Waals surface area contributed by atoms with Crippen molar-refractivity contribution in [3.05, 3.63) is 97.1 Å². The van der Waals surface area contributed by atoms with E-state index in [4.69, 9.17) is 23.7 Å². The van der Waals surface area contributed by atoms with E-state index in [-0.39, 0.29) is 24.5 Å². The van der Waals surface area contributed by atoms with Crippen LogP contribution in [0.15, 0.2) is 75.4 Å². The lowest BCUT2D eigenvalue weighted by Gasteiger charge is -2.28. The van der Waals surface area contributed by atoms with E-state index in [1.165, 1.54) is 32.6 Å². The van der Waals surface area contributed by atoms with Gasteiger partial charge in [-0.1, -0.05) is 22.0 Å². The molecular weight excluding hydrogens is 694 g/mol. The van der Waals surface area contributed by atoms with Crippen LogP contribution in [-0.2, 0) is 16.1 Å². The molecule has 0 aromatic heterocycles. The topological polar surface area (TPSA) is 192 Å². The third-order valence-electron chi connectivity index (χ3n) is 6.90. The van der Waals surface area contributed by atoms with Gasteiger partial charge in [0.1, 0.15) is 13.2 Å². The van der Waals surface area contributed by atoms with Crippen molar-refractivity contribution in [1.82, 2.24) is 16.1 Å². The molecule has 15 nitrogen and oxygen atoms in total. The van der Waals surface area contributed by atoms with Crippen LogP contribution >= 0.6 is 15.9 Å². The maximum Gasteiger partial charge on any atom is 0.337 e. The van der Waals surface area contributed by atoms with Crippen LogP contribution in [0.2, 0.25) is 0 Å². The number of non-ortho nitro benzene ring substituents is 1. The van der Waals surface area contributed by atoms with Gasteiger partial charge in [0.15, 0.2) is 29.2 Å². The molecule has 4 N–H and O–H groups in total. The Hall–Kier alpha value is -5.35. The van der Waals surface area contributed by atoms with Crippen molar-refractivity contribution in [2.45, 2.75) is 32.7 Å². The number of hydrazone groups is 1. The lowest BCUT2D eigenvalue weighted by atomic mass is 9.95. The van der Waals surface area contributed by atoms with Gasteiger partial charge in [0.2, 0.25) is 0 Å². The number of aliphatic hydroxyl groups excluding tert-OH is 1. The highest BCUT2D eigenvalue weighted by Gasteiger charge is 2.32. The molecule has 0 saturated carbocycles. The third kappa shape index (κ3) is 8.92. The zero-order valence-electron chi connectivity index (χ0n) is 26.4. The van der Waals surface area contributed by atoms with E-state index >= 15 is 0 Å². The Morgan fingerprint density at radius 3 is 2.52 bits per heavy atom. The molecule has 254 valence electrons. The summed E-state index contributed by atoms with van der Waals surface area (Å²) >= 11 is 3.43. The van der Waals surface area contributed by atoms with Crippen LogP contribution in [0, 0.1) is 10.1 Å². The SMILES string of the molecule is CCOc1cc([C@H]2NC(=O)NC(C)=C2C(=O)OC)ccc1OC[C@H](O)N/N=C/c1cc(Br)cc(OC)c1OCc1ccc([N+](=O)[O-])cc1. The minimum Gasteiger partial charge on any atom is -0.493 e. The molecule has 0 unspecified atom stereocenters. The molecule has 0 radical (unpaired) electrons. The first-order valence-corrected chi connectivity index (χ1v) is 15.3. The molecule has 4 rings (SSSR count). The Labute approximate surface area is 284 Å². The van der Waals surface area contributed by atoms with Crippen molar-refractivity contribution in [1.29, 1.82) is 0 Å². The van der Waals surface area contributed by atoms with E-state index in [2.05, 4.69) is 37.1 Å². The van der Waals surface area contributed by atoms with Gasteiger partial charge >= 0.3 is 12.0 Å². The number of carbonyl (C=O) groups excluding carboxylic acids is 2. The zero-order chi connectivity index (χ0) is 34.8. The van der Waals surface area contributed by atoms with Crippen molar-refractivity contribution in [2.24, 2.45) is 5.10 Å². The number of carbonyl (C=O) groups is 2. The molecule has 2 amide bonds. The van der Waals surface area contributed by atoms with Crippen molar-refractivity contribution >= 4 is 39.8 Å². The zero-order valence-corrected chi connectivity index (χ0v) is 28.0. The minimum atomic E-state index is -1.24. The molecule has 48 heavy (non-hydrogen) atoms. The lowest BCUT2D eigenvalue weighted by molar-refractivity contribution is -0.384. The number of ether oxygens (including phenoxy) is 5. The van der Waals surface area contributed by atoms with Gasteiger partial charge in [0, 0.05) is 27.9 Å². The number of nitro groups is 1. The molecule has 0 saturated heterocycles. The normalized spacial score (nSPS) is 14.9. The highest BCUT2D eigenvalue weighted by molar-refractivity contribution is 9.10. The summed E-state index contributed by atoms with van der Waals surface area (Å²) in [6, 6.07) is 13.1. The largest absolute Gasteiger partial charge is 0.493 e. The molecule has 0 spiro atoms. The molecule has 16 heteroatoms. The molecule has 1 aliphatic rings. The van der Waals surface area contributed by atoms with Crippen LogP contribution in [0.4, 0.5) is 10.5 Å². The quantitative estimate of drug-likeness (QED) is 0.0568. The predicted octanol–water partition coefficient (Wildman–Crippen LogP) is 4.47. The molecule has 1 aliphatic heterocycles. The highest BCUT2D eigenvalue weighted by Crippen LogP contribution is 2.36. The van der Waals surface area contributed by atoms with Crippen molar-refractivity contribution in [2.75, 3.05) is 27.4 Å². The van der Waals surface area contributed by atoms with Crippen molar-refractivity contribution in [3.63, 3.8) is 0 Å². The summed E-state index contributed by atoms with van der Waals surface area (Å²) in [6.45, 7) is 3.58. The average Bonchev–Trinajstić information content (AvgIpc) is 3.06. The molecule has 3 aromatic carbocycles. The van der Waals surface area contributed by atoms with Gasteiger partial charge in [-0.2, -0.15) is 5.10 Å². The summed E-state index contributed by atoms with van der Waals surface area (Å²) in [5, 5.41) is 31.0. The summed E-state index contributed by atoms with van der Waals surface area (Å²) in [5.74, 6) is 0.822. The molecule has 2 atom stereocenters. The van der Waals surface area contributed by atoms with E-state index < -0.39 is 29.2 Å². The van der Waals surface area contributed by atoms with Crippen LogP contribution in [0.3, 0.4) is 0 Å². The Morgan fingerprint density at radius 1 is 1.10 bits per heavy atom. The summed E-state index contributed by atoms with van der Waals surface area (Å²) in [4.78, 5) is 35.1. The van der Waals surface area contributed by atoms with Gasteiger partial charge in [-0.15, -0.1) is 0 Å². The fraction of sp³-hybridized carbons (Fsp3) is 0.281. The number of aliphatic hydroxyl groups is 1. The summed E-state index contributed by atoms with van der Waals surface area (Å²) < 4.78 is 28.6. The number of nitro benzene ring substituents is 1. The Morgan fingerprint density at radius 2 is 1.85 bits per heavy atom. The average molecular weight is 729 g/mol. The molecule has 3 aromatic rings. The first kappa shape index (κ1) is 35.5. The third-order valence-corrected chi connectivity index (χ3v) is 7.36. The number of nitrogens with one attached hydrogen (secondary N) is 3. The molecular formula is C32H34BrN5O10. The Balaban J connectivity index is 1.44. The van der Waals surface area contributed by atoms with Crippen LogP contribution in [0.1, 0.15) is 36.6 Å². The predicted molar refractivity (Wildman–Crippen MR) is 177 cm³/mol. The number of rotatable bonds is 15. The summed E-state index contributed by atoms with van der Waals surface area (Å²) in [5.41, 5.74) is 4.95. The molecule has 1 heterocycles. The van der Waals surface area contributed by atoms with Gasteiger partial charge in [0.05, 0.1) is 43.6 Å². The summed E-state index contributed by atoms with van der Waals surface area (Å²) in [6.07, 6.45) is 0.193. The van der Waals surface area contributed by atoms with E-state index in [0.717, 1.165) is 0 Å². The van der Waals surface area contributed by atoms with Crippen LogP contribution < -0.4 is 35.0 Å². The van der Waals surface area contributed by atoms with Crippen LogP contribution in [0.25, 0.3) is 0 Å². The number of esters is 1. The van der Waals surface area contributed by atoms with Gasteiger partial charge in [-0.05, 0) is 61.4 Å². The number of hydrogen-bond donors (Lipinski definition) is 4. The molecule has 0 fully saturated rings. The second-order valence-corrected chi connectivity index (χ2v) is 11.1. The lowest BCUT2D eigenvalue weighted by Crippen LogP contribution is -2.45. The van der Waals surface area contributed by atoms with Gasteiger partial charge < -0.3 is 39.4 Å². The van der Waals surface area contributed by atoms with E-state index in [9.17, 15) is 24.8 Å². The number of methoxy groups -OCH3 is 2. The maximum absolute atomic E-state index is 12.5. The Bertz CT molecular complexity index is 1710. The van der Waals surface area contributed by atoms with E-state index in [1.807, 2.05) is 0 Å². The van der Waals surface area contributed by atoms with E-state index in [1.54, 1.807) is 56.3 Å². The second kappa shape index (κ2) is 16.5. The number of hydrogen-bond acceptors (Lipinski definition) is 12. The van der Waals surface area contributed by atoms with Crippen LogP contribution in [-0.4, -0.2) is 61.9 Å². The van der Waals surface area contributed by atoms with Crippen LogP contribution in [0.5, 0.6) is 23.0 Å². The standard InChI is InChI=1S/C32H34BrN5O10/c1-5-46-25-13-20(29-28(31(40)45-4)18(2)35-32(41)36-29)8-11-24(25)47-17-27(39)37-34-15-21-12-22(33)14-26(44-3)30(21)48-16-19-6-9-23(10-7-19)38(42)43/h6-15,27,29,37,39H,5,16-17H2,1-4H3,(H2,35,36,41)/b34-15+/t27-,29+/m0/s1. The van der Waals surface area contributed by atoms with Crippen molar-refractivity contribution in [3.8, 4) is 23.0 Å². The van der Waals surface area contributed by atoms with Gasteiger partial charge in [0.25, 0.3) is 5.69 Å². The van der Waals surface area contributed by atoms with E-state index in [0.29, 0.717) is 56.5 Å². The second-order valence-electron chi connectivity index (χ2n) is 10.2.